The highest BCUT2D eigenvalue weighted by Gasteiger charge is 2.24. The first-order valence-corrected chi connectivity index (χ1v) is 6.90. The topological polar surface area (TPSA) is 85.4 Å². The average molecular weight is 312 g/mol. The van der Waals surface area contributed by atoms with Crippen LogP contribution in [0.2, 0.25) is 0 Å². The van der Waals surface area contributed by atoms with Gasteiger partial charge in [0.2, 0.25) is 0 Å². The Bertz CT molecular complexity index is 721. The Labute approximate surface area is 134 Å². The lowest BCUT2D eigenvalue weighted by molar-refractivity contribution is -0.387. The number of hydrogen-bond acceptors (Lipinski definition) is 5. The summed E-state index contributed by atoms with van der Waals surface area (Å²) in [5.74, 6) is -0.523. The van der Waals surface area contributed by atoms with Crippen LogP contribution < -0.4 is 0 Å². The summed E-state index contributed by atoms with van der Waals surface area (Å²) in [5, 5.41) is 20.7. The van der Waals surface area contributed by atoms with E-state index in [1.807, 2.05) is 30.3 Å². The zero-order valence-electron chi connectivity index (χ0n) is 12.8. The molecular formula is C17H16N2O4. The normalized spacial score (nSPS) is 11.9. The van der Waals surface area contributed by atoms with Crippen LogP contribution in [-0.2, 0) is 9.47 Å². The number of ether oxygens (including phenoxy) is 2. The number of nitro groups is 1. The number of nitriles is 1. The molecule has 0 radical (unpaired) electrons. The molecule has 0 bridgehead atoms. The summed E-state index contributed by atoms with van der Waals surface area (Å²) in [7, 11) is 2.81. The van der Waals surface area contributed by atoms with Crippen molar-refractivity contribution in [2.45, 2.75) is 12.2 Å². The van der Waals surface area contributed by atoms with Crippen molar-refractivity contribution in [3.63, 3.8) is 0 Å². The molecule has 0 heterocycles. The van der Waals surface area contributed by atoms with Gasteiger partial charge >= 0.3 is 0 Å². The van der Waals surface area contributed by atoms with Gasteiger partial charge in [0.15, 0.2) is 6.29 Å². The van der Waals surface area contributed by atoms with Gasteiger partial charge < -0.3 is 9.47 Å². The molecule has 6 nitrogen and oxygen atoms in total. The third-order valence-corrected chi connectivity index (χ3v) is 3.53. The van der Waals surface area contributed by atoms with Gasteiger partial charge in [-0.05, 0) is 17.2 Å². The summed E-state index contributed by atoms with van der Waals surface area (Å²) >= 11 is 0. The van der Waals surface area contributed by atoms with Crippen molar-refractivity contribution in [1.82, 2.24) is 0 Å². The molecule has 0 spiro atoms. The second-order valence-corrected chi connectivity index (χ2v) is 4.85. The summed E-state index contributed by atoms with van der Waals surface area (Å²) in [5.41, 5.74) is 1.65. The van der Waals surface area contributed by atoms with E-state index in [1.165, 1.54) is 20.3 Å². The largest absolute Gasteiger partial charge is 0.351 e. The monoisotopic (exact) mass is 312 g/mol. The standard InChI is InChI=1S/C17H16N2O4/c1-22-17(23-2)14-10-13(8-9-16(14)19(20)21)15(11-18)12-6-4-3-5-7-12/h3-10,15,17H,1-2H3. The minimum Gasteiger partial charge on any atom is -0.351 e. The predicted octanol–water partition coefficient (Wildman–Crippen LogP) is 3.54. The smallest absolute Gasteiger partial charge is 0.277 e. The van der Waals surface area contributed by atoms with Crippen LogP contribution in [0.5, 0.6) is 0 Å². The molecule has 6 heteroatoms. The Hall–Kier alpha value is -2.75. The van der Waals surface area contributed by atoms with Gasteiger partial charge in [0.05, 0.1) is 22.5 Å². The fourth-order valence-electron chi connectivity index (χ4n) is 2.44. The molecule has 0 amide bonds. The Kier molecular flexibility index (Phi) is 5.41. The highest BCUT2D eigenvalue weighted by Crippen LogP contribution is 2.33. The van der Waals surface area contributed by atoms with Crippen LogP contribution in [0.3, 0.4) is 0 Å². The van der Waals surface area contributed by atoms with Crippen molar-refractivity contribution in [2.24, 2.45) is 0 Å². The average Bonchev–Trinajstić information content (AvgIpc) is 2.58. The highest BCUT2D eigenvalue weighted by molar-refractivity contribution is 5.48. The summed E-state index contributed by atoms with van der Waals surface area (Å²) in [6, 6.07) is 16.0. The fraction of sp³-hybridized carbons (Fsp3) is 0.235. The summed E-state index contributed by atoms with van der Waals surface area (Å²) in [4.78, 5) is 10.7. The minimum absolute atomic E-state index is 0.104. The zero-order valence-corrected chi connectivity index (χ0v) is 12.8. The molecule has 0 N–H and O–H groups in total. The molecule has 0 fully saturated rings. The number of methoxy groups -OCH3 is 2. The molecule has 0 saturated heterocycles. The Morgan fingerprint density at radius 1 is 1.09 bits per heavy atom. The molecule has 0 aliphatic rings. The van der Waals surface area contributed by atoms with Gasteiger partial charge in [0.25, 0.3) is 5.69 Å². The maximum atomic E-state index is 11.2. The van der Waals surface area contributed by atoms with Gasteiger partial charge in [0, 0.05) is 20.3 Å². The Morgan fingerprint density at radius 2 is 1.74 bits per heavy atom. The SMILES string of the molecule is COC(OC)c1cc(C(C#N)c2ccccc2)ccc1[N+](=O)[O-]. The zero-order chi connectivity index (χ0) is 16.8. The lowest BCUT2D eigenvalue weighted by atomic mass is 9.91. The highest BCUT2D eigenvalue weighted by atomic mass is 16.7. The van der Waals surface area contributed by atoms with Crippen LogP contribution >= 0.6 is 0 Å². The molecule has 118 valence electrons. The maximum absolute atomic E-state index is 11.2. The number of rotatable bonds is 6. The van der Waals surface area contributed by atoms with Gasteiger partial charge in [0.1, 0.15) is 0 Å². The van der Waals surface area contributed by atoms with Crippen molar-refractivity contribution in [3.8, 4) is 6.07 Å². The molecule has 0 saturated carbocycles. The van der Waals surface area contributed by atoms with Crippen molar-refractivity contribution >= 4 is 5.69 Å². The quantitative estimate of drug-likeness (QED) is 0.462. The molecule has 2 aromatic rings. The lowest BCUT2D eigenvalue weighted by Crippen LogP contribution is -2.09. The summed E-state index contributed by atoms with van der Waals surface area (Å²) < 4.78 is 10.3. The Balaban J connectivity index is 2.54. The molecule has 0 aromatic heterocycles. The van der Waals surface area contributed by atoms with Crippen LogP contribution in [0.4, 0.5) is 5.69 Å². The number of benzene rings is 2. The molecular weight excluding hydrogens is 296 g/mol. The van der Waals surface area contributed by atoms with Crippen LogP contribution in [0, 0.1) is 21.4 Å². The van der Waals surface area contributed by atoms with E-state index in [0.717, 1.165) is 5.56 Å². The van der Waals surface area contributed by atoms with E-state index in [4.69, 9.17) is 9.47 Å². The van der Waals surface area contributed by atoms with Gasteiger partial charge in [-0.15, -0.1) is 0 Å². The first-order valence-electron chi connectivity index (χ1n) is 6.90. The molecule has 1 unspecified atom stereocenters. The van der Waals surface area contributed by atoms with Crippen LogP contribution in [0.25, 0.3) is 0 Å². The second kappa shape index (κ2) is 7.49. The fourth-order valence-corrected chi connectivity index (χ4v) is 2.44. The number of hydrogen-bond donors (Lipinski definition) is 0. The molecule has 2 aromatic carbocycles. The molecule has 1 atom stereocenters. The van der Waals surface area contributed by atoms with E-state index < -0.39 is 17.1 Å². The predicted molar refractivity (Wildman–Crippen MR) is 83.8 cm³/mol. The first-order chi connectivity index (χ1) is 11.1. The van der Waals surface area contributed by atoms with Crippen molar-refractivity contribution in [2.75, 3.05) is 14.2 Å². The van der Waals surface area contributed by atoms with E-state index in [2.05, 4.69) is 6.07 Å². The summed E-state index contributed by atoms with van der Waals surface area (Å²) in [6.45, 7) is 0. The van der Waals surface area contributed by atoms with Crippen LogP contribution in [0.15, 0.2) is 48.5 Å². The van der Waals surface area contributed by atoms with Gasteiger partial charge in [-0.3, -0.25) is 10.1 Å². The van der Waals surface area contributed by atoms with E-state index in [9.17, 15) is 15.4 Å². The van der Waals surface area contributed by atoms with Gasteiger partial charge in [-0.2, -0.15) is 5.26 Å². The van der Waals surface area contributed by atoms with E-state index in [0.29, 0.717) is 5.56 Å². The van der Waals surface area contributed by atoms with Crippen LogP contribution in [-0.4, -0.2) is 19.1 Å². The second-order valence-electron chi connectivity index (χ2n) is 4.85. The van der Waals surface area contributed by atoms with Gasteiger partial charge in [-0.1, -0.05) is 36.4 Å². The van der Waals surface area contributed by atoms with Crippen molar-refractivity contribution < 1.29 is 14.4 Å². The van der Waals surface area contributed by atoms with E-state index in [1.54, 1.807) is 12.1 Å². The molecule has 2 rings (SSSR count). The Morgan fingerprint density at radius 3 is 2.26 bits per heavy atom. The minimum atomic E-state index is -0.870. The van der Waals surface area contributed by atoms with Gasteiger partial charge in [-0.25, -0.2) is 0 Å². The third kappa shape index (κ3) is 3.54. The summed E-state index contributed by atoms with van der Waals surface area (Å²) in [6.07, 6.45) is -0.870. The number of nitro benzene ring substituents is 1. The lowest BCUT2D eigenvalue weighted by Gasteiger charge is -2.16. The van der Waals surface area contributed by atoms with E-state index >= 15 is 0 Å². The maximum Gasteiger partial charge on any atom is 0.277 e. The molecule has 0 aliphatic heterocycles. The van der Waals surface area contributed by atoms with Crippen molar-refractivity contribution in [3.05, 3.63) is 75.3 Å². The number of nitrogens with zero attached hydrogens (tertiary/aromatic N) is 2. The third-order valence-electron chi connectivity index (χ3n) is 3.53. The molecule has 0 aliphatic carbocycles. The molecule has 23 heavy (non-hydrogen) atoms. The first kappa shape index (κ1) is 16.6. The van der Waals surface area contributed by atoms with E-state index in [-0.39, 0.29) is 11.3 Å². The van der Waals surface area contributed by atoms with Crippen molar-refractivity contribution in [1.29, 1.82) is 5.26 Å². The van der Waals surface area contributed by atoms with Crippen LogP contribution in [0.1, 0.15) is 28.9 Å².